The molecular formula is C16H21ClN2O2. The zero-order valence-electron chi connectivity index (χ0n) is 12.6. The average Bonchev–Trinajstić information content (AvgIpc) is 2.50. The molecule has 1 aliphatic rings. The molecule has 4 nitrogen and oxygen atoms in total. The first-order valence-corrected chi connectivity index (χ1v) is 7.66. The number of nitriles is 1. The molecule has 1 aliphatic heterocycles. The Morgan fingerprint density at radius 3 is 2.90 bits per heavy atom. The maximum atomic E-state index is 9.07. The Kier molecular flexibility index (Phi) is 5.72. The van der Waals surface area contributed by atoms with E-state index in [0.29, 0.717) is 23.1 Å². The van der Waals surface area contributed by atoms with Crippen LogP contribution in [-0.4, -0.2) is 31.7 Å². The Balaban J connectivity index is 2.14. The summed E-state index contributed by atoms with van der Waals surface area (Å²) in [5.74, 6) is 1.49. The molecule has 0 unspecified atom stereocenters. The second kappa shape index (κ2) is 7.53. The molecule has 0 bridgehead atoms. The van der Waals surface area contributed by atoms with Crippen molar-refractivity contribution in [1.82, 2.24) is 4.90 Å². The van der Waals surface area contributed by atoms with Gasteiger partial charge in [0, 0.05) is 24.2 Å². The van der Waals surface area contributed by atoms with Gasteiger partial charge in [0.1, 0.15) is 0 Å². The van der Waals surface area contributed by atoms with Gasteiger partial charge in [0.25, 0.3) is 0 Å². The Morgan fingerprint density at radius 2 is 2.24 bits per heavy atom. The first kappa shape index (κ1) is 15.9. The van der Waals surface area contributed by atoms with E-state index >= 15 is 0 Å². The maximum absolute atomic E-state index is 9.07. The van der Waals surface area contributed by atoms with E-state index in [1.165, 1.54) is 0 Å². The number of hydrogen-bond acceptors (Lipinski definition) is 4. The van der Waals surface area contributed by atoms with Crippen LogP contribution in [-0.2, 0) is 6.54 Å². The van der Waals surface area contributed by atoms with Crippen molar-refractivity contribution in [3.63, 3.8) is 0 Å². The Hall–Kier alpha value is -1.44. The quantitative estimate of drug-likeness (QED) is 0.835. The van der Waals surface area contributed by atoms with E-state index in [2.05, 4.69) is 11.0 Å². The summed E-state index contributed by atoms with van der Waals surface area (Å²) in [6.07, 6.45) is 2.05. The van der Waals surface area contributed by atoms with E-state index in [0.717, 1.165) is 38.0 Å². The van der Waals surface area contributed by atoms with E-state index in [1.54, 1.807) is 7.11 Å². The molecular weight excluding hydrogens is 288 g/mol. The molecule has 0 spiro atoms. The van der Waals surface area contributed by atoms with Crippen molar-refractivity contribution in [2.45, 2.75) is 26.3 Å². The highest BCUT2D eigenvalue weighted by atomic mass is 35.5. The second-order valence-corrected chi connectivity index (χ2v) is 5.64. The number of hydrogen-bond donors (Lipinski definition) is 0. The van der Waals surface area contributed by atoms with Gasteiger partial charge in [-0.2, -0.15) is 5.26 Å². The zero-order valence-corrected chi connectivity index (χ0v) is 13.3. The lowest BCUT2D eigenvalue weighted by molar-refractivity contribution is 0.192. The lowest BCUT2D eigenvalue weighted by Crippen LogP contribution is -2.34. The first-order valence-electron chi connectivity index (χ1n) is 7.29. The molecule has 1 aromatic rings. The Labute approximate surface area is 131 Å². The van der Waals surface area contributed by atoms with Gasteiger partial charge in [-0.15, -0.1) is 0 Å². The number of rotatable bonds is 5. The van der Waals surface area contributed by atoms with E-state index in [9.17, 15) is 0 Å². The van der Waals surface area contributed by atoms with E-state index in [1.807, 2.05) is 19.1 Å². The third kappa shape index (κ3) is 4.03. The number of nitrogens with zero attached hydrogens (tertiary/aromatic N) is 2. The number of piperidine rings is 1. The van der Waals surface area contributed by atoms with Crippen LogP contribution in [0.5, 0.6) is 11.5 Å². The largest absolute Gasteiger partial charge is 0.493 e. The molecule has 0 radical (unpaired) electrons. The van der Waals surface area contributed by atoms with Crippen molar-refractivity contribution in [3.8, 4) is 17.6 Å². The highest BCUT2D eigenvalue weighted by Gasteiger charge is 2.21. The van der Waals surface area contributed by atoms with Crippen molar-refractivity contribution in [3.05, 3.63) is 22.7 Å². The summed E-state index contributed by atoms with van der Waals surface area (Å²) in [5.41, 5.74) is 1.01. The van der Waals surface area contributed by atoms with Crippen molar-refractivity contribution in [1.29, 1.82) is 5.26 Å². The minimum atomic E-state index is 0.127. The summed E-state index contributed by atoms with van der Waals surface area (Å²) in [6.45, 7) is 5.05. The van der Waals surface area contributed by atoms with Crippen LogP contribution in [0.4, 0.5) is 0 Å². The van der Waals surface area contributed by atoms with E-state index < -0.39 is 0 Å². The molecule has 5 heteroatoms. The topological polar surface area (TPSA) is 45.5 Å². The van der Waals surface area contributed by atoms with Crippen LogP contribution in [0, 0.1) is 17.2 Å². The smallest absolute Gasteiger partial charge is 0.162 e. The predicted molar refractivity (Wildman–Crippen MR) is 82.8 cm³/mol. The molecule has 0 aromatic heterocycles. The molecule has 0 amide bonds. The molecule has 1 heterocycles. The number of ether oxygens (including phenoxy) is 2. The van der Waals surface area contributed by atoms with E-state index in [-0.39, 0.29) is 5.92 Å². The van der Waals surface area contributed by atoms with Crippen LogP contribution in [0.2, 0.25) is 5.02 Å². The first-order chi connectivity index (χ1) is 10.2. The molecule has 0 saturated carbocycles. The number of methoxy groups -OCH3 is 1. The van der Waals surface area contributed by atoms with Gasteiger partial charge in [-0.1, -0.05) is 11.6 Å². The molecule has 1 fully saturated rings. The van der Waals surface area contributed by atoms with Crippen LogP contribution in [0.1, 0.15) is 25.3 Å². The molecule has 0 N–H and O–H groups in total. The van der Waals surface area contributed by atoms with Crippen LogP contribution in [0.25, 0.3) is 0 Å². The zero-order chi connectivity index (χ0) is 15.2. The van der Waals surface area contributed by atoms with Gasteiger partial charge in [-0.05, 0) is 37.9 Å². The molecule has 2 rings (SSSR count). The summed E-state index contributed by atoms with van der Waals surface area (Å²) in [7, 11) is 1.63. The van der Waals surface area contributed by atoms with Gasteiger partial charge in [-0.3, -0.25) is 4.90 Å². The fourth-order valence-corrected chi connectivity index (χ4v) is 2.89. The van der Waals surface area contributed by atoms with Gasteiger partial charge in [-0.25, -0.2) is 0 Å². The molecule has 0 aliphatic carbocycles. The number of halogens is 1. The van der Waals surface area contributed by atoms with Gasteiger partial charge in [0.2, 0.25) is 0 Å². The third-order valence-electron chi connectivity index (χ3n) is 3.71. The standard InChI is InChI=1S/C16H21ClN2O2/c1-3-21-16-8-14(17)13(7-15(16)20-2)11-19-6-4-5-12(9-18)10-19/h7-8,12H,3-6,10-11H2,1-2H3/t12-/m1/s1. The van der Waals surface area contributed by atoms with Gasteiger partial charge in [0.15, 0.2) is 11.5 Å². The summed E-state index contributed by atoms with van der Waals surface area (Å²) in [5, 5.41) is 9.75. The fourth-order valence-electron chi connectivity index (χ4n) is 2.67. The lowest BCUT2D eigenvalue weighted by atomic mass is 9.99. The fraction of sp³-hybridized carbons (Fsp3) is 0.562. The second-order valence-electron chi connectivity index (χ2n) is 5.23. The number of benzene rings is 1. The van der Waals surface area contributed by atoms with Gasteiger partial charge >= 0.3 is 0 Å². The lowest BCUT2D eigenvalue weighted by Gasteiger charge is -2.29. The SMILES string of the molecule is CCOc1cc(Cl)c(CN2CCC[C@H](C#N)C2)cc1OC. The van der Waals surface area contributed by atoms with Crippen LogP contribution >= 0.6 is 11.6 Å². The van der Waals surface area contributed by atoms with Gasteiger partial charge < -0.3 is 9.47 Å². The Bertz CT molecular complexity index is 528. The molecule has 1 aromatic carbocycles. The highest BCUT2D eigenvalue weighted by molar-refractivity contribution is 6.31. The predicted octanol–water partition coefficient (Wildman–Crippen LogP) is 3.48. The summed E-state index contributed by atoms with van der Waals surface area (Å²) in [4.78, 5) is 2.28. The molecule has 21 heavy (non-hydrogen) atoms. The minimum Gasteiger partial charge on any atom is -0.493 e. The third-order valence-corrected chi connectivity index (χ3v) is 4.07. The maximum Gasteiger partial charge on any atom is 0.162 e. The monoisotopic (exact) mass is 308 g/mol. The van der Waals surface area contributed by atoms with Crippen LogP contribution in [0.3, 0.4) is 0 Å². The Morgan fingerprint density at radius 1 is 1.43 bits per heavy atom. The molecule has 1 saturated heterocycles. The summed E-state index contributed by atoms with van der Waals surface area (Å²) in [6, 6.07) is 6.11. The molecule has 1 atom stereocenters. The van der Waals surface area contributed by atoms with Crippen molar-refractivity contribution in [2.24, 2.45) is 5.92 Å². The molecule has 114 valence electrons. The normalized spacial score (nSPS) is 19.0. The average molecular weight is 309 g/mol. The van der Waals surface area contributed by atoms with E-state index in [4.69, 9.17) is 26.3 Å². The van der Waals surface area contributed by atoms with Crippen molar-refractivity contribution < 1.29 is 9.47 Å². The van der Waals surface area contributed by atoms with Crippen molar-refractivity contribution >= 4 is 11.6 Å². The summed E-state index contributed by atoms with van der Waals surface area (Å²) >= 11 is 6.36. The number of likely N-dealkylation sites (tertiary alicyclic amines) is 1. The highest BCUT2D eigenvalue weighted by Crippen LogP contribution is 2.34. The van der Waals surface area contributed by atoms with Gasteiger partial charge in [0.05, 0.1) is 25.7 Å². The van der Waals surface area contributed by atoms with Crippen LogP contribution < -0.4 is 9.47 Å². The van der Waals surface area contributed by atoms with Crippen LogP contribution in [0.15, 0.2) is 12.1 Å². The van der Waals surface area contributed by atoms with Crippen molar-refractivity contribution in [2.75, 3.05) is 26.8 Å². The minimum absolute atomic E-state index is 0.127. The summed E-state index contributed by atoms with van der Waals surface area (Å²) < 4.78 is 10.9.